The van der Waals surface area contributed by atoms with Crippen LogP contribution in [0.2, 0.25) is 0 Å². The van der Waals surface area contributed by atoms with Gasteiger partial charge >= 0.3 is 5.69 Å². The second-order valence-corrected chi connectivity index (χ2v) is 3.35. The van der Waals surface area contributed by atoms with Crippen LogP contribution in [0.25, 0.3) is 11.0 Å². The summed E-state index contributed by atoms with van der Waals surface area (Å²) in [7, 11) is 0. The minimum absolute atomic E-state index is 0.0842. The highest BCUT2D eigenvalue weighted by molar-refractivity contribution is 7.98. The first-order chi connectivity index (χ1) is 6.74. The zero-order chi connectivity index (χ0) is 10.1. The van der Waals surface area contributed by atoms with Gasteiger partial charge in [-0.1, -0.05) is 0 Å². The van der Waals surface area contributed by atoms with Gasteiger partial charge in [-0.25, -0.2) is 4.63 Å². The van der Waals surface area contributed by atoms with Gasteiger partial charge in [-0.05, 0) is 22.6 Å². The quantitative estimate of drug-likeness (QED) is 0.428. The monoisotopic (exact) mass is 211 g/mol. The van der Waals surface area contributed by atoms with E-state index in [9.17, 15) is 10.1 Å². The average Bonchev–Trinajstić information content (AvgIpc) is 2.64. The highest BCUT2D eigenvalue weighted by atomic mass is 32.2. The lowest BCUT2D eigenvalue weighted by atomic mass is 10.3. The number of nitro groups is 1. The fraction of sp³-hybridized carbons (Fsp3) is 0.143. The molecule has 0 aliphatic carbocycles. The van der Waals surface area contributed by atoms with Gasteiger partial charge in [0, 0.05) is 11.0 Å². The Kier molecular flexibility index (Phi) is 2.08. The van der Waals surface area contributed by atoms with E-state index in [0.29, 0.717) is 5.52 Å². The number of rotatable bonds is 2. The number of fused-ring (bicyclic) bond motifs is 1. The van der Waals surface area contributed by atoms with E-state index in [0.717, 1.165) is 4.90 Å². The third-order valence-electron chi connectivity index (χ3n) is 1.77. The molecule has 0 spiro atoms. The lowest BCUT2D eigenvalue weighted by Gasteiger charge is -1.95. The van der Waals surface area contributed by atoms with Crippen LogP contribution < -0.4 is 0 Å². The van der Waals surface area contributed by atoms with E-state index in [1.165, 1.54) is 17.8 Å². The van der Waals surface area contributed by atoms with Crippen LogP contribution >= 0.6 is 11.8 Å². The van der Waals surface area contributed by atoms with Crippen molar-refractivity contribution in [2.75, 3.05) is 6.26 Å². The number of nitrogens with zero attached hydrogens (tertiary/aromatic N) is 3. The second-order valence-electron chi connectivity index (χ2n) is 2.51. The minimum Gasteiger partial charge on any atom is -0.258 e. The molecule has 7 heteroatoms. The number of aromatic nitrogens is 2. The summed E-state index contributed by atoms with van der Waals surface area (Å²) < 4.78 is 4.48. The van der Waals surface area contributed by atoms with E-state index in [2.05, 4.69) is 14.9 Å². The summed E-state index contributed by atoms with van der Waals surface area (Å²) in [6.45, 7) is 0. The van der Waals surface area contributed by atoms with Crippen molar-refractivity contribution in [3.63, 3.8) is 0 Å². The summed E-state index contributed by atoms with van der Waals surface area (Å²) in [6, 6.07) is 3.04. The Hall–Kier alpha value is -1.63. The van der Waals surface area contributed by atoms with Gasteiger partial charge in [0.1, 0.15) is 0 Å². The predicted molar refractivity (Wildman–Crippen MR) is 50.2 cm³/mol. The molecular weight excluding hydrogens is 206 g/mol. The standard InChI is InChI=1S/C7H5N3O3S/c1-14-5-3-2-4(10(11)12)6-7(5)9-13-8-6/h2-3H,1H3. The molecule has 14 heavy (non-hydrogen) atoms. The minimum atomic E-state index is -0.503. The molecule has 1 heterocycles. The van der Waals surface area contributed by atoms with Gasteiger partial charge in [0.05, 0.1) is 4.92 Å². The maximum Gasteiger partial charge on any atom is 0.300 e. The molecular formula is C7H5N3O3S. The maximum absolute atomic E-state index is 10.6. The lowest BCUT2D eigenvalue weighted by Crippen LogP contribution is -1.89. The Morgan fingerprint density at radius 2 is 2.14 bits per heavy atom. The molecule has 0 fully saturated rings. The van der Waals surface area contributed by atoms with E-state index in [-0.39, 0.29) is 11.2 Å². The van der Waals surface area contributed by atoms with Gasteiger partial charge < -0.3 is 0 Å². The Morgan fingerprint density at radius 1 is 1.43 bits per heavy atom. The molecule has 0 saturated carbocycles. The molecule has 2 rings (SSSR count). The first-order valence-electron chi connectivity index (χ1n) is 3.67. The number of non-ortho nitro benzene ring substituents is 1. The second kappa shape index (κ2) is 3.26. The molecule has 0 amide bonds. The van der Waals surface area contributed by atoms with Crippen LogP contribution in [0.15, 0.2) is 21.7 Å². The lowest BCUT2D eigenvalue weighted by molar-refractivity contribution is -0.383. The molecule has 0 aliphatic heterocycles. The normalized spacial score (nSPS) is 10.6. The summed E-state index contributed by atoms with van der Waals surface area (Å²) in [5, 5.41) is 17.7. The Balaban J connectivity index is 2.78. The number of hydrogen-bond acceptors (Lipinski definition) is 6. The fourth-order valence-electron chi connectivity index (χ4n) is 1.14. The van der Waals surface area contributed by atoms with Crippen molar-refractivity contribution < 1.29 is 9.55 Å². The van der Waals surface area contributed by atoms with Crippen LogP contribution in [0, 0.1) is 10.1 Å². The molecule has 0 N–H and O–H groups in total. The van der Waals surface area contributed by atoms with Crippen molar-refractivity contribution in [3.8, 4) is 0 Å². The van der Waals surface area contributed by atoms with Gasteiger partial charge in [0.2, 0.25) is 5.52 Å². The van der Waals surface area contributed by atoms with Crippen molar-refractivity contribution in [1.29, 1.82) is 0 Å². The van der Waals surface area contributed by atoms with E-state index < -0.39 is 4.92 Å². The van der Waals surface area contributed by atoms with Gasteiger partial charge in [-0.3, -0.25) is 10.1 Å². The van der Waals surface area contributed by atoms with E-state index >= 15 is 0 Å². The summed E-state index contributed by atoms with van der Waals surface area (Å²) in [6.07, 6.45) is 1.86. The average molecular weight is 211 g/mol. The van der Waals surface area contributed by atoms with Crippen LogP contribution in [-0.2, 0) is 0 Å². The largest absolute Gasteiger partial charge is 0.300 e. The van der Waals surface area contributed by atoms with Crippen LogP contribution in [0.3, 0.4) is 0 Å². The van der Waals surface area contributed by atoms with Crippen LogP contribution in [0.5, 0.6) is 0 Å². The van der Waals surface area contributed by atoms with Crippen molar-refractivity contribution in [1.82, 2.24) is 10.3 Å². The molecule has 0 aliphatic rings. The van der Waals surface area contributed by atoms with E-state index in [4.69, 9.17) is 0 Å². The molecule has 0 unspecified atom stereocenters. The number of benzene rings is 1. The van der Waals surface area contributed by atoms with Gasteiger partial charge in [-0.15, -0.1) is 11.8 Å². The summed E-state index contributed by atoms with van der Waals surface area (Å²) in [4.78, 5) is 10.9. The fourth-order valence-corrected chi connectivity index (χ4v) is 1.67. The summed E-state index contributed by atoms with van der Waals surface area (Å²) in [5.41, 5.74) is 0.549. The van der Waals surface area contributed by atoms with E-state index in [1.807, 2.05) is 6.26 Å². The Bertz CT molecular complexity index is 496. The molecule has 0 saturated heterocycles. The predicted octanol–water partition coefficient (Wildman–Crippen LogP) is 1.85. The Morgan fingerprint density at radius 3 is 2.79 bits per heavy atom. The molecule has 0 bridgehead atoms. The third kappa shape index (κ3) is 1.22. The molecule has 72 valence electrons. The van der Waals surface area contributed by atoms with Crippen LogP contribution in [0.1, 0.15) is 0 Å². The maximum atomic E-state index is 10.6. The van der Waals surface area contributed by atoms with Crippen molar-refractivity contribution >= 4 is 28.5 Å². The van der Waals surface area contributed by atoms with Crippen molar-refractivity contribution in [2.24, 2.45) is 0 Å². The van der Waals surface area contributed by atoms with Crippen molar-refractivity contribution in [2.45, 2.75) is 4.90 Å². The zero-order valence-corrected chi connectivity index (χ0v) is 7.95. The molecule has 1 aromatic carbocycles. The van der Waals surface area contributed by atoms with Gasteiger partial charge in [0.25, 0.3) is 0 Å². The van der Waals surface area contributed by atoms with E-state index in [1.54, 1.807) is 6.07 Å². The highest BCUT2D eigenvalue weighted by Crippen LogP contribution is 2.29. The van der Waals surface area contributed by atoms with Crippen LogP contribution in [0.4, 0.5) is 5.69 Å². The Labute approximate surface area is 82.4 Å². The van der Waals surface area contributed by atoms with Crippen molar-refractivity contribution in [3.05, 3.63) is 22.2 Å². The smallest absolute Gasteiger partial charge is 0.258 e. The van der Waals surface area contributed by atoms with Gasteiger partial charge in [0.15, 0.2) is 5.52 Å². The first-order valence-corrected chi connectivity index (χ1v) is 4.90. The summed E-state index contributed by atoms with van der Waals surface area (Å²) >= 11 is 1.44. The van der Waals surface area contributed by atoms with Crippen LogP contribution in [-0.4, -0.2) is 21.5 Å². The van der Waals surface area contributed by atoms with Gasteiger partial charge in [-0.2, -0.15) is 0 Å². The number of thioether (sulfide) groups is 1. The molecule has 0 atom stereocenters. The summed E-state index contributed by atoms with van der Waals surface area (Å²) in [5.74, 6) is 0. The number of nitro benzene ring substituents is 1. The molecule has 6 nitrogen and oxygen atoms in total. The number of hydrogen-bond donors (Lipinski definition) is 0. The highest BCUT2D eigenvalue weighted by Gasteiger charge is 2.18. The molecule has 2 aromatic rings. The third-order valence-corrected chi connectivity index (χ3v) is 2.54. The molecule has 0 radical (unpaired) electrons. The zero-order valence-electron chi connectivity index (χ0n) is 7.13. The topological polar surface area (TPSA) is 82.1 Å². The molecule has 1 aromatic heterocycles. The first kappa shape index (κ1) is 8.95. The SMILES string of the molecule is CSc1ccc([N+](=O)[O-])c2nonc12.